The number of anilines is 1. The molecule has 29 heavy (non-hydrogen) atoms. The normalized spacial score (nSPS) is 11.0. The van der Waals surface area contributed by atoms with Crippen molar-refractivity contribution in [3.05, 3.63) is 70.3 Å². The first-order valence-corrected chi connectivity index (χ1v) is 9.89. The highest BCUT2D eigenvalue weighted by Gasteiger charge is 2.16. The third-order valence-electron chi connectivity index (χ3n) is 4.57. The Balaban J connectivity index is 1.64. The maximum absolute atomic E-state index is 13.0. The molecule has 0 aliphatic heterocycles. The van der Waals surface area contributed by atoms with Gasteiger partial charge in [-0.3, -0.25) is 9.59 Å². The summed E-state index contributed by atoms with van der Waals surface area (Å²) >= 11 is 1.16. The van der Waals surface area contributed by atoms with E-state index in [2.05, 4.69) is 25.5 Å². The number of nitrogens with one attached hydrogen (secondary N) is 2. The number of carbonyl (C=O) groups excluding carboxylic acids is 1. The molecule has 2 aromatic heterocycles. The van der Waals surface area contributed by atoms with Gasteiger partial charge in [0.05, 0.1) is 16.7 Å². The third kappa shape index (κ3) is 3.77. The van der Waals surface area contributed by atoms with Gasteiger partial charge in [0.25, 0.3) is 5.56 Å². The molecule has 1 amide bonds. The van der Waals surface area contributed by atoms with E-state index in [0.29, 0.717) is 16.1 Å². The lowest BCUT2D eigenvalue weighted by molar-refractivity contribution is -0.113. The van der Waals surface area contributed by atoms with Crippen LogP contribution in [0.3, 0.4) is 0 Å². The molecule has 0 aliphatic rings. The molecule has 2 aromatic carbocycles. The van der Waals surface area contributed by atoms with E-state index in [1.807, 2.05) is 38.1 Å². The first-order valence-electron chi connectivity index (χ1n) is 8.91. The highest BCUT2D eigenvalue weighted by molar-refractivity contribution is 7.99. The Kier molecular flexibility index (Phi) is 5.13. The SMILES string of the molecule is Cc1cccc(NC(=O)CSc2nc3ccccc3c(=O)n2-c2ncn[nH]2)c1C. The number of amides is 1. The van der Waals surface area contributed by atoms with Gasteiger partial charge in [0.2, 0.25) is 11.9 Å². The van der Waals surface area contributed by atoms with Crippen molar-refractivity contribution in [1.29, 1.82) is 0 Å². The van der Waals surface area contributed by atoms with E-state index in [1.54, 1.807) is 18.2 Å². The monoisotopic (exact) mass is 406 g/mol. The van der Waals surface area contributed by atoms with E-state index in [0.717, 1.165) is 28.6 Å². The number of fused-ring (bicyclic) bond motifs is 1. The number of nitrogens with zero attached hydrogens (tertiary/aromatic N) is 4. The van der Waals surface area contributed by atoms with Crippen molar-refractivity contribution in [3.63, 3.8) is 0 Å². The number of hydrogen-bond acceptors (Lipinski definition) is 6. The van der Waals surface area contributed by atoms with Gasteiger partial charge < -0.3 is 5.32 Å². The molecule has 9 heteroatoms. The summed E-state index contributed by atoms with van der Waals surface area (Å²) in [5.74, 6) is 0.160. The summed E-state index contributed by atoms with van der Waals surface area (Å²) in [5, 5.41) is 10.3. The summed E-state index contributed by atoms with van der Waals surface area (Å²) < 4.78 is 1.34. The van der Waals surface area contributed by atoms with Gasteiger partial charge in [0.1, 0.15) is 6.33 Å². The minimum Gasteiger partial charge on any atom is -0.325 e. The number of aryl methyl sites for hydroxylation is 1. The van der Waals surface area contributed by atoms with Crippen LogP contribution in [0.4, 0.5) is 5.69 Å². The smallest absolute Gasteiger partial charge is 0.269 e. The van der Waals surface area contributed by atoms with Gasteiger partial charge in [-0.05, 0) is 43.2 Å². The first-order chi connectivity index (χ1) is 14.0. The number of H-pyrrole nitrogens is 1. The molecular weight excluding hydrogens is 388 g/mol. The standard InChI is InChI=1S/C20H18N6O2S/c1-12-6-5-9-15(13(12)2)23-17(27)10-29-20-24-16-8-4-3-7-14(16)18(28)26(20)19-21-11-22-25-19/h3-9,11H,10H2,1-2H3,(H,23,27)(H,21,22,25). The Labute approximate surface area is 170 Å². The fourth-order valence-corrected chi connectivity index (χ4v) is 3.70. The van der Waals surface area contributed by atoms with Crippen LogP contribution in [0.15, 0.2) is 58.7 Å². The van der Waals surface area contributed by atoms with Gasteiger partial charge in [-0.15, -0.1) is 0 Å². The molecule has 0 spiro atoms. The number of para-hydroxylation sites is 1. The number of rotatable bonds is 5. The van der Waals surface area contributed by atoms with Gasteiger partial charge in [0.15, 0.2) is 5.16 Å². The summed E-state index contributed by atoms with van der Waals surface area (Å²) in [4.78, 5) is 34.1. The molecule has 8 nitrogen and oxygen atoms in total. The molecular formula is C20H18N6O2S. The zero-order chi connectivity index (χ0) is 20.4. The fraction of sp³-hybridized carbons (Fsp3) is 0.150. The summed E-state index contributed by atoms with van der Waals surface area (Å²) in [6.45, 7) is 3.96. The zero-order valence-electron chi connectivity index (χ0n) is 15.8. The molecule has 146 valence electrons. The van der Waals surface area contributed by atoms with Crippen molar-refractivity contribution in [2.24, 2.45) is 0 Å². The van der Waals surface area contributed by atoms with Crippen LogP contribution in [-0.2, 0) is 4.79 Å². The molecule has 0 fully saturated rings. The highest BCUT2D eigenvalue weighted by Crippen LogP contribution is 2.21. The quantitative estimate of drug-likeness (QED) is 0.390. The van der Waals surface area contributed by atoms with Gasteiger partial charge >= 0.3 is 0 Å². The Morgan fingerprint density at radius 3 is 2.79 bits per heavy atom. The summed E-state index contributed by atoms with van der Waals surface area (Å²) in [6, 6.07) is 12.8. The van der Waals surface area contributed by atoms with Gasteiger partial charge in [0, 0.05) is 5.69 Å². The van der Waals surface area contributed by atoms with Crippen LogP contribution in [0.5, 0.6) is 0 Å². The lowest BCUT2D eigenvalue weighted by Crippen LogP contribution is -2.24. The minimum absolute atomic E-state index is 0.0896. The predicted octanol–water partition coefficient (Wildman–Crippen LogP) is 2.85. The van der Waals surface area contributed by atoms with Crippen molar-refractivity contribution in [2.75, 3.05) is 11.1 Å². The topological polar surface area (TPSA) is 106 Å². The Hall–Kier alpha value is -3.46. The van der Waals surface area contributed by atoms with Crippen LogP contribution in [0.25, 0.3) is 16.9 Å². The maximum Gasteiger partial charge on any atom is 0.269 e. The second-order valence-corrected chi connectivity index (χ2v) is 7.39. The molecule has 4 rings (SSSR count). The van der Waals surface area contributed by atoms with Crippen molar-refractivity contribution >= 4 is 34.3 Å². The van der Waals surface area contributed by atoms with E-state index >= 15 is 0 Å². The summed E-state index contributed by atoms with van der Waals surface area (Å²) in [6.07, 6.45) is 1.32. The molecule has 0 saturated carbocycles. The molecule has 2 N–H and O–H groups in total. The van der Waals surface area contributed by atoms with Crippen molar-refractivity contribution in [2.45, 2.75) is 19.0 Å². The number of thioether (sulfide) groups is 1. The molecule has 0 atom stereocenters. The largest absolute Gasteiger partial charge is 0.325 e. The highest BCUT2D eigenvalue weighted by atomic mass is 32.2. The number of carbonyl (C=O) groups is 1. The third-order valence-corrected chi connectivity index (χ3v) is 5.51. The molecule has 0 saturated heterocycles. The van der Waals surface area contributed by atoms with Crippen LogP contribution in [0.2, 0.25) is 0 Å². The molecule has 0 bridgehead atoms. The van der Waals surface area contributed by atoms with E-state index in [4.69, 9.17) is 0 Å². The maximum atomic E-state index is 13.0. The second kappa shape index (κ2) is 7.88. The van der Waals surface area contributed by atoms with Crippen LogP contribution in [0.1, 0.15) is 11.1 Å². The molecule has 0 radical (unpaired) electrons. The van der Waals surface area contributed by atoms with E-state index in [1.165, 1.54) is 10.9 Å². The van der Waals surface area contributed by atoms with Gasteiger partial charge in [-0.2, -0.15) is 10.1 Å². The molecule has 4 aromatic rings. The molecule has 0 aliphatic carbocycles. The number of benzene rings is 2. The van der Waals surface area contributed by atoms with Crippen molar-refractivity contribution < 1.29 is 4.79 Å². The fourth-order valence-electron chi connectivity index (χ4n) is 2.91. The number of aromatic nitrogens is 5. The molecule has 0 unspecified atom stereocenters. The lowest BCUT2D eigenvalue weighted by Gasteiger charge is -2.12. The Morgan fingerprint density at radius 1 is 1.17 bits per heavy atom. The number of aromatic amines is 1. The average Bonchev–Trinajstić information content (AvgIpc) is 3.24. The lowest BCUT2D eigenvalue weighted by atomic mass is 10.1. The van der Waals surface area contributed by atoms with E-state index < -0.39 is 0 Å². The van der Waals surface area contributed by atoms with Gasteiger partial charge in [-0.1, -0.05) is 36.0 Å². The van der Waals surface area contributed by atoms with Gasteiger partial charge in [-0.25, -0.2) is 14.6 Å². The van der Waals surface area contributed by atoms with Crippen LogP contribution in [0, 0.1) is 13.8 Å². The molecule has 2 heterocycles. The van der Waals surface area contributed by atoms with Crippen LogP contribution < -0.4 is 10.9 Å². The zero-order valence-corrected chi connectivity index (χ0v) is 16.7. The van der Waals surface area contributed by atoms with Crippen LogP contribution >= 0.6 is 11.8 Å². The number of hydrogen-bond donors (Lipinski definition) is 2. The van der Waals surface area contributed by atoms with E-state index in [9.17, 15) is 9.59 Å². The van der Waals surface area contributed by atoms with Crippen molar-refractivity contribution in [3.8, 4) is 5.95 Å². The second-order valence-electron chi connectivity index (χ2n) is 6.45. The minimum atomic E-state index is -0.273. The Morgan fingerprint density at radius 2 is 2.00 bits per heavy atom. The first kappa shape index (κ1) is 18.9. The van der Waals surface area contributed by atoms with Crippen LogP contribution in [-0.4, -0.2) is 36.4 Å². The van der Waals surface area contributed by atoms with E-state index in [-0.39, 0.29) is 23.2 Å². The Bertz CT molecular complexity index is 1250. The summed E-state index contributed by atoms with van der Waals surface area (Å²) in [5.41, 5.74) is 3.18. The summed E-state index contributed by atoms with van der Waals surface area (Å²) in [7, 11) is 0. The predicted molar refractivity (Wildman–Crippen MR) is 113 cm³/mol. The average molecular weight is 406 g/mol. The van der Waals surface area contributed by atoms with Crippen molar-refractivity contribution in [1.82, 2.24) is 24.7 Å².